The maximum atomic E-state index is 12.0. The summed E-state index contributed by atoms with van der Waals surface area (Å²) in [6, 6.07) is 3.52. The highest BCUT2D eigenvalue weighted by atomic mass is 19.4. The lowest BCUT2D eigenvalue weighted by atomic mass is 10.2. The minimum Gasteiger partial charge on any atom is -0.468 e. The van der Waals surface area contributed by atoms with Gasteiger partial charge in [-0.2, -0.15) is 18.2 Å². The van der Waals surface area contributed by atoms with Crippen molar-refractivity contribution in [3.8, 4) is 5.88 Å². The van der Waals surface area contributed by atoms with Crippen molar-refractivity contribution in [2.45, 2.75) is 13.1 Å². The maximum Gasteiger partial charge on any atom is 0.422 e. The number of halogens is 3. The number of aromatic nitrogens is 2. The molecule has 1 N–H and O–H groups in total. The summed E-state index contributed by atoms with van der Waals surface area (Å²) in [5.41, 5.74) is 1.10. The number of fused-ring (bicyclic) bond motifs is 1. The van der Waals surface area contributed by atoms with Crippen LogP contribution in [0.25, 0.3) is 11.0 Å². The Bertz CT molecular complexity index is 504. The standard InChI is InChI=1S/C10H9F3N2O/c1-6-4-7-2-3-14-8(7)15-9(6)16-5-10(11,12)13/h2-4H,5H2,1H3,(H,14,15). The summed E-state index contributed by atoms with van der Waals surface area (Å²) in [4.78, 5) is 6.77. The fraction of sp³-hybridized carbons (Fsp3) is 0.300. The van der Waals surface area contributed by atoms with Crippen molar-refractivity contribution in [3.05, 3.63) is 23.9 Å². The third kappa shape index (κ3) is 2.26. The summed E-state index contributed by atoms with van der Waals surface area (Å²) in [7, 11) is 0. The van der Waals surface area contributed by atoms with Crippen LogP contribution in [0.15, 0.2) is 18.3 Å². The molecule has 16 heavy (non-hydrogen) atoms. The van der Waals surface area contributed by atoms with E-state index in [1.54, 1.807) is 25.3 Å². The third-order valence-electron chi connectivity index (χ3n) is 2.05. The van der Waals surface area contributed by atoms with Gasteiger partial charge in [-0.3, -0.25) is 0 Å². The molecular formula is C10H9F3N2O. The molecule has 0 fully saturated rings. The number of alkyl halides is 3. The number of nitrogens with one attached hydrogen (secondary N) is 1. The molecule has 2 heterocycles. The lowest BCUT2D eigenvalue weighted by Gasteiger charge is -2.10. The number of rotatable bonds is 2. The summed E-state index contributed by atoms with van der Waals surface area (Å²) >= 11 is 0. The summed E-state index contributed by atoms with van der Waals surface area (Å²) in [5.74, 6) is 0.00674. The minimum atomic E-state index is -4.35. The van der Waals surface area contributed by atoms with Gasteiger partial charge >= 0.3 is 6.18 Å². The maximum absolute atomic E-state index is 12.0. The van der Waals surface area contributed by atoms with Gasteiger partial charge in [-0.15, -0.1) is 0 Å². The predicted octanol–water partition coefficient (Wildman–Crippen LogP) is 2.81. The number of hydrogen-bond acceptors (Lipinski definition) is 2. The molecular weight excluding hydrogens is 221 g/mol. The first-order chi connectivity index (χ1) is 7.46. The molecule has 0 aliphatic rings. The van der Waals surface area contributed by atoms with Gasteiger partial charge in [-0.05, 0) is 19.1 Å². The van der Waals surface area contributed by atoms with E-state index in [1.807, 2.05) is 0 Å². The lowest BCUT2D eigenvalue weighted by Crippen LogP contribution is -2.20. The van der Waals surface area contributed by atoms with Crippen molar-refractivity contribution in [2.24, 2.45) is 0 Å². The second kappa shape index (κ2) is 3.70. The second-order valence-corrected chi connectivity index (χ2v) is 3.43. The molecule has 2 rings (SSSR count). The fourth-order valence-corrected chi connectivity index (χ4v) is 1.37. The van der Waals surface area contributed by atoms with Gasteiger partial charge in [-0.1, -0.05) is 0 Å². The van der Waals surface area contributed by atoms with Crippen LogP contribution >= 0.6 is 0 Å². The third-order valence-corrected chi connectivity index (χ3v) is 2.05. The zero-order valence-corrected chi connectivity index (χ0v) is 8.43. The van der Waals surface area contributed by atoms with Gasteiger partial charge in [0.1, 0.15) is 5.65 Å². The fourth-order valence-electron chi connectivity index (χ4n) is 1.37. The largest absolute Gasteiger partial charge is 0.468 e. The van der Waals surface area contributed by atoms with Crippen LogP contribution in [0.2, 0.25) is 0 Å². The van der Waals surface area contributed by atoms with Crippen LogP contribution < -0.4 is 4.74 Å². The van der Waals surface area contributed by atoms with Gasteiger partial charge in [0.25, 0.3) is 0 Å². The van der Waals surface area contributed by atoms with Gasteiger partial charge < -0.3 is 9.72 Å². The summed E-state index contributed by atoms with van der Waals surface area (Å²) in [5, 5.41) is 0.844. The van der Waals surface area contributed by atoms with Crippen LogP contribution in [-0.2, 0) is 0 Å². The van der Waals surface area contributed by atoms with Crippen LogP contribution in [0.4, 0.5) is 13.2 Å². The molecule has 0 aromatic carbocycles. The first kappa shape index (κ1) is 10.8. The SMILES string of the molecule is Cc1cc2cc[nH]c2nc1OCC(F)(F)F. The summed E-state index contributed by atoms with van der Waals surface area (Å²) in [6.07, 6.45) is -2.68. The van der Waals surface area contributed by atoms with E-state index in [0.717, 1.165) is 5.39 Å². The van der Waals surface area contributed by atoms with Crippen molar-refractivity contribution in [2.75, 3.05) is 6.61 Å². The highest BCUT2D eigenvalue weighted by molar-refractivity contribution is 5.76. The van der Waals surface area contributed by atoms with Gasteiger partial charge in [0.15, 0.2) is 6.61 Å². The van der Waals surface area contributed by atoms with Gasteiger partial charge in [0, 0.05) is 17.1 Å². The first-order valence-electron chi connectivity index (χ1n) is 4.60. The van der Waals surface area contributed by atoms with E-state index in [2.05, 4.69) is 14.7 Å². The quantitative estimate of drug-likeness (QED) is 0.861. The van der Waals surface area contributed by atoms with Gasteiger partial charge in [0.2, 0.25) is 5.88 Å². The molecule has 3 nitrogen and oxygen atoms in total. The van der Waals surface area contributed by atoms with E-state index >= 15 is 0 Å². The van der Waals surface area contributed by atoms with E-state index in [-0.39, 0.29) is 5.88 Å². The Morgan fingerprint density at radius 3 is 2.88 bits per heavy atom. The molecule has 0 saturated carbocycles. The molecule has 0 radical (unpaired) electrons. The molecule has 86 valence electrons. The van der Waals surface area contributed by atoms with E-state index in [9.17, 15) is 13.2 Å². The van der Waals surface area contributed by atoms with Crippen LogP contribution in [0.5, 0.6) is 5.88 Å². The Balaban J connectivity index is 2.26. The van der Waals surface area contributed by atoms with E-state index in [1.165, 1.54) is 0 Å². The molecule has 0 unspecified atom stereocenters. The topological polar surface area (TPSA) is 37.9 Å². The number of hydrogen-bond donors (Lipinski definition) is 1. The van der Waals surface area contributed by atoms with Gasteiger partial charge in [-0.25, -0.2) is 0 Å². The Hall–Kier alpha value is -1.72. The molecule has 0 aliphatic heterocycles. The number of ether oxygens (including phenoxy) is 1. The van der Waals surface area contributed by atoms with Crippen LogP contribution in [-0.4, -0.2) is 22.8 Å². The highest BCUT2D eigenvalue weighted by Crippen LogP contribution is 2.23. The number of H-pyrrole nitrogens is 1. The van der Waals surface area contributed by atoms with Crippen molar-refractivity contribution >= 4 is 11.0 Å². The minimum absolute atomic E-state index is 0.00674. The number of nitrogens with zero attached hydrogens (tertiary/aromatic N) is 1. The average Bonchev–Trinajstić information content (AvgIpc) is 2.59. The zero-order valence-electron chi connectivity index (χ0n) is 8.43. The smallest absolute Gasteiger partial charge is 0.422 e. The molecule has 6 heteroatoms. The predicted molar refractivity (Wildman–Crippen MR) is 52.4 cm³/mol. The van der Waals surface area contributed by atoms with Crippen molar-refractivity contribution in [1.29, 1.82) is 0 Å². The first-order valence-corrected chi connectivity index (χ1v) is 4.60. The number of aryl methyl sites for hydroxylation is 1. The molecule has 0 amide bonds. The van der Waals surface area contributed by atoms with Crippen molar-refractivity contribution in [1.82, 2.24) is 9.97 Å². The van der Waals surface area contributed by atoms with E-state index in [0.29, 0.717) is 11.2 Å². The molecule has 0 atom stereocenters. The van der Waals surface area contributed by atoms with Crippen molar-refractivity contribution < 1.29 is 17.9 Å². The molecule has 2 aromatic rings. The van der Waals surface area contributed by atoms with E-state index in [4.69, 9.17) is 0 Å². The normalized spacial score (nSPS) is 12.0. The molecule has 0 saturated heterocycles. The summed E-state index contributed by atoms with van der Waals surface area (Å²) < 4.78 is 40.5. The Morgan fingerprint density at radius 1 is 1.44 bits per heavy atom. The van der Waals surface area contributed by atoms with Crippen LogP contribution in [0, 0.1) is 6.92 Å². The molecule has 2 aromatic heterocycles. The Kier molecular flexibility index (Phi) is 2.49. The number of pyridine rings is 1. The van der Waals surface area contributed by atoms with Crippen LogP contribution in [0.1, 0.15) is 5.56 Å². The molecule has 0 bridgehead atoms. The molecule has 0 spiro atoms. The monoisotopic (exact) mass is 230 g/mol. The molecule has 0 aliphatic carbocycles. The average molecular weight is 230 g/mol. The Labute approximate surface area is 89.2 Å². The Morgan fingerprint density at radius 2 is 2.19 bits per heavy atom. The highest BCUT2D eigenvalue weighted by Gasteiger charge is 2.29. The number of aromatic amines is 1. The van der Waals surface area contributed by atoms with Gasteiger partial charge in [0.05, 0.1) is 0 Å². The summed E-state index contributed by atoms with van der Waals surface area (Å²) in [6.45, 7) is 0.332. The lowest BCUT2D eigenvalue weighted by molar-refractivity contribution is -0.154. The van der Waals surface area contributed by atoms with E-state index < -0.39 is 12.8 Å². The zero-order chi connectivity index (χ0) is 11.8. The second-order valence-electron chi connectivity index (χ2n) is 3.43. The van der Waals surface area contributed by atoms with Crippen molar-refractivity contribution in [3.63, 3.8) is 0 Å². The van der Waals surface area contributed by atoms with Crippen LogP contribution in [0.3, 0.4) is 0 Å².